The maximum Gasteiger partial charge on any atom is 0.441 e. The molecule has 1 aliphatic rings. The zero-order chi connectivity index (χ0) is 12.2. The molecule has 0 amide bonds. The average molecular weight is 255 g/mol. The first-order valence-electron chi connectivity index (χ1n) is 5.84. The fourth-order valence-electron chi connectivity index (χ4n) is 2.48. The van der Waals surface area contributed by atoms with E-state index in [4.69, 9.17) is 0 Å². The van der Waals surface area contributed by atoms with E-state index in [2.05, 4.69) is 19.2 Å². The van der Waals surface area contributed by atoms with Gasteiger partial charge in [0, 0.05) is 18.3 Å². The minimum atomic E-state index is -4.09. The van der Waals surface area contributed by atoms with Gasteiger partial charge in [0.2, 0.25) is 0 Å². The molecule has 0 aromatic rings. The Morgan fingerprint density at radius 3 is 2.25 bits per heavy atom. The summed E-state index contributed by atoms with van der Waals surface area (Å²) >= 11 is 0.0621. The SMILES string of the molecule is CC1CCCC(C)C1NCCSC(F)(F)F. The van der Waals surface area contributed by atoms with Gasteiger partial charge >= 0.3 is 5.51 Å². The number of hydrogen-bond donors (Lipinski definition) is 1. The van der Waals surface area contributed by atoms with Crippen molar-refractivity contribution in [2.45, 2.75) is 44.7 Å². The van der Waals surface area contributed by atoms with Crippen molar-refractivity contribution < 1.29 is 13.2 Å². The monoisotopic (exact) mass is 255 g/mol. The van der Waals surface area contributed by atoms with E-state index < -0.39 is 5.51 Å². The van der Waals surface area contributed by atoms with Crippen molar-refractivity contribution in [2.24, 2.45) is 11.8 Å². The molecular formula is C11H20F3NS. The predicted molar refractivity (Wildman–Crippen MR) is 62.5 cm³/mol. The second kappa shape index (κ2) is 6.15. The molecule has 0 bridgehead atoms. The Balaban J connectivity index is 2.20. The minimum Gasteiger partial charge on any atom is -0.313 e. The fraction of sp³-hybridized carbons (Fsp3) is 1.00. The van der Waals surface area contributed by atoms with E-state index in [1.54, 1.807) is 0 Å². The van der Waals surface area contributed by atoms with Gasteiger partial charge in [-0.15, -0.1) is 0 Å². The van der Waals surface area contributed by atoms with Crippen molar-refractivity contribution in [3.63, 3.8) is 0 Å². The van der Waals surface area contributed by atoms with Crippen LogP contribution in [0.25, 0.3) is 0 Å². The Morgan fingerprint density at radius 2 is 1.75 bits per heavy atom. The Kier molecular flexibility index (Phi) is 5.44. The number of alkyl halides is 3. The van der Waals surface area contributed by atoms with Crippen LogP contribution in [0.3, 0.4) is 0 Å². The van der Waals surface area contributed by atoms with E-state index in [1.807, 2.05) is 0 Å². The average Bonchev–Trinajstić information content (AvgIpc) is 2.14. The van der Waals surface area contributed by atoms with E-state index in [0.717, 1.165) is 0 Å². The summed E-state index contributed by atoms with van der Waals surface area (Å²) in [6, 6.07) is 0.391. The van der Waals surface area contributed by atoms with Gasteiger partial charge in [0.1, 0.15) is 0 Å². The number of rotatable bonds is 4. The summed E-state index contributed by atoms with van der Waals surface area (Å²) in [5.41, 5.74) is -4.09. The lowest BCUT2D eigenvalue weighted by Gasteiger charge is -2.35. The summed E-state index contributed by atoms with van der Waals surface area (Å²) in [5.74, 6) is 1.28. The number of thioether (sulfide) groups is 1. The van der Waals surface area contributed by atoms with Gasteiger partial charge in [-0.2, -0.15) is 13.2 Å². The summed E-state index contributed by atoms with van der Waals surface area (Å²) < 4.78 is 35.7. The molecule has 1 nitrogen and oxygen atoms in total. The van der Waals surface area contributed by atoms with Crippen molar-refractivity contribution in [2.75, 3.05) is 12.3 Å². The second-order valence-electron chi connectivity index (χ2n) is 4.66. The topological polar surface area (TPSA) is 12.0 Å². The molecule has 1 rings (SSSR count). The molecule has 1 saturated carbocycles. The van der Waals surface area contributed by atoms with Gasteiger partial charge in [-0.3, -0.25) is 0 Å². The highest BCUT2D eigenvalue weighted by Gasteiger charge is 2.29. The molecule has 16 heavy (non-hydrogen) atoms. The predicted octanol–water partition coefficient (Wildman–Crippen LogP) is 3.65. The lowest BCUT2D eigenvalue weighted by atomic mass is 9.79. The lowest BCUT2D eigenvalue weighted by molar-refractivity contribution is -0.0327. The summed E-state index contributed by atoms with van der Waals surface area (Å²) in [6.45, 7) is 4.82. The van der Waals surface area contributed by atoms with Crippen LogP contribution in [0.15, 0.2) is 0 Å². The normalized spacial score (nSPS) is 31.7. The molecule has 96 valence electrons. The van der Waals surface area contributed by atoms with E-state index in [1.165, 1.54) is 19.3 Å². The molecule has 0 spiro atoms. The van der Waals surface area contributed by atoms with Crippen molar-refractivity contribution in [3.8, 4) is 0 Å². The molecule has 0 radical (unpaired) electrons. The maximum atomic E-state index is 11.9. The number of hydrogen-bond acceptors (Lipinski definition) is 2. The molecular weight excluding hydrogens is 235 g/mol. The highest BCUT2D eigenvalue weighted by molar-refractivity contribution is 8.00. The van der Waals surface area contributed by atoms with Gasteiger partial charge in [0.05, 0.1) is 0 Å². The molecule has 2 unspecified atom stereocenters. The molecule has 5 heteroatoms. The molecule has 0 aromatic heterocycles. The van der Waals surface area contributed by atoms with Crippen LogP contribution < -0.4 is 5.32 Å². The Morgan fingerprint density at radius 1 is 1.19 bits per heavy atom. The van der Waals surface area contributed by atoms with Gasteiger partial charge in [-0.25, -0.2) is 0 Å². The van der Waals surface area contributed by atoms with Gasteiger partial charge in [0.15, 0.2) is 0 Å². The largest absolute Gasteiger partial charge is 0.441 e. The zero-order valence-corrected chi connectivity index (χ0v) is 10.6. The molecule has 2 atom stereocenters. The lowest BCUT2D eigenvalue weighted by Crippen LogP contribution is -2.43. The van der Waals surface area contributed by atoms with Gasteiger partial charge in [0.25, 0.3) is 0 Å². The first-order chi connectivity index (χ1) is 7.40. The third-order valence-electron chi connectivity index (χ3n) is 3.29. The molecule has 1 fully saturated rings. The third-order valence-corrected chi connectivity index (χ3v) is 4.03. The van der Waals surface area contributed by atoms with Crippen LogP contribution in [-0.2, 0) is 0 Å². The summed E-state index contributed by atoms with van der Waals surface area (Å²) in [5, 5.41) is 3.27. The Bertz CT molecular complexity index is 198. The van der Waals surface area contributed by atoms with E-state index in [-0.39, 0.29) is 17.5 Å². The molecule has 0 aliphatic heterocycles. The summed E-state index contributed by atoms with van der Waals surface area (Å²) in [7, 11) is 0. The van der Waals surface area contributed by atoms with Crippen molar-refractivity contribution in [1.29, 1.82) is 0 Å². The molecule has 0 aromatic carbocycles. The molecule has 1 N–H and O–H groups in total. The van der Waals surface area contributed by atoms with Gasteiger partial charge < -0.3 is 5.32 Å². The highest BCUT2D eigenvalue weighted by atomic mass is 32.2. The quantitative estimate of drug-likeness (QED) is 0.769. The van der Waals surface area contributed by atoms with Gasteiger partial charge in [-0.1, -0.05) is 20.3 Å². The first-order valence-corrected chi connectivity index (χ1v) is 6.83. The smallest absolute Gasteiger partial charge is 0.313 e. The fourth-order valence-corrected chi connectivity index (χ4v) is 2.93. The minimum absolute atomic E-state index is 0.0621. The van der Waals surface area contributed by atoms with Crippen LogP contribution in [0.2, 0.25) is 0 Å². The van der Waals surface area contributed by atoms with Gasteiger partial charge in [-0.05, 0) is 36.4 Å². The van der Waals surface area contributed by atoms with E-state index in [0.29, 0.717) is 24.4 Å². The maximum absolute atomic E-state index is 11.9. The van der Waals surface area contributed by atoms with E-state index in [9.17, 15) is 13.2 Å². The van der Waals surface area contributed by atoms with Crippen LogP contribution in [0, 0.1) is 11.8 Å². The first kappa shape index (κ1) is 14.2. The Hall–Kier alpha value is 0.100. The second-order valence-corrected chi connectivity index (χ2v) is 5.82. The van der Waals surface area contributed by atoms with Crippen LogP contribution in [-0.4, -0.2) is 23.8 Å². The zero-order valence-electron chi connectivity index (χ0n) is 9.81. The molecule has 1 aliphatic carbocycles. The third kappa shape index (κ3) is 4.95. The van der Waals surface area contributed by atoms with Crippen molar-refractivity contribution in [1.82, 2.24) is 5.32 Å². The van der Waals surface area contributed by atoms with Crippen molar-refractivity contribution >= 4 is 11.8 Å². The van der Waals surface area contributed by atoms with E-state index >= 15 is 0 Å². The van der Waals surface area contributed by atoms with Crippen LogP contribution in [0.5, 0.6) is 0 Å². The highest BCUT2D eigenvalue weighted by Crippen LogP contribution is 2.31. The van der Waals surface area contributed by atoms with Crippen LogP contribution in [0.1, 0.15) is 33.1 Å². The molecule has 0 saturated heterocycles. The van der Waals surface area contributed by atoms with Crippen LogP contribution >= 0.6 is 11.8 Å². The summed E-state index contributed by atoms with van der Waals surface area (Å²) in [4.78, 5) is 0. The number of nitrogens with one attached hydrogen (secondary N) is 1. The Labute approximate surface area is 99.6 Å². The standard InChI is InChI=1S/C11H20F3NS/c1-8-4-3-5-9(2)10(8)15-6-7-16-11(12,13)14/h8-10,15H,3-7H2,1-2H3. The van der Waals surface area contributed by atoms with Crippen molar-refractivity contribution in [3.05, 3.63) is 0 Å². The summed E-state index contributed by atoms with van der Waals surface area (Å²) in [6.07, 6.45) is 3.63. The van der Waals surface area contributed by atoms with Crippen LogP contribution in [0.4, 0.5) is 13.2 Å². The molecule has 0 heterocycles. The number of halogens is 3.